The molecular formula is C36H62N2+2. The van der Waals surface area contributed by atoms with E-state index in [0.29, 0.717) is 0 Å². The van der Waals surface area contributed by atoms with Gasteiger partial charge in [-0.2, -0.15) is 0 Å². The highest BCUT2D eigenvalue weighted by atomic mass is 15.1. The lowest BCUT2D eigenvalue weighted by atomic mass is 10.0. The highest BCUT2D eigenvalue weighted by molar-refractivity contribution is 5.18. The quantitative estimate of drug-likeness (QED) is 0.300. The minimum absolute atomic E-state index is 1.20. The topological polar surface area (TPSA) is 8.88 Å². The second kappa shape index (κ2) is 21.4. The molecule has 0 amide bonds. The maximum Gasteiger partial charge on any atom is 0.103 e. The molecule has 2 atom stereocenters. The first kappa shape index (κ1) is 31.2. The third-order valence-corrected chi connectivity index (χ3v) is 8.84. The number of rotatable bonds is 0. The first-order chi connectivity index (χ1) is 18.9. The lowest BCUT2D eigenvalue weighted by Crippen LogP contribution is -3.08. The van der Waals surface area contributed by atoms with E-state index >= 15 is 0 Å². The van der Waals surface area contributed by atoms with E-state index in [1.807, 2.05) is 0 Å². The molecule has 0 saturated heterocycles. The van der Waals surface area contributed by atoms with Crippen LogP contribution >= 0.6 is 0 Å². The van der Waals surface area contributed by atoms with Crippen molar-refractivity contribution >= 4 is 0 Å². The zero-order valence-electron chi connectivity index (χ0n) is 25.0. The van der Waals surface area contributed by atoms with E-state index in [0.717, 1.165) is 0 Å². The zero-order valence-corrected chi connectivity index (χ0v) is 25.0. The molecule has 2 N–H and O–H groups in total. The highest BCUT2D eigenvalue weighted by Crippen LogP contribution is 2.15. The van der Waals surface area contributed by atoms with Crippen molar-refractivity contribution in [3.63, 3.8) is 0 Å². The number of quaternary nitrogens is 2. The van der Waals surface area contributed by atoms with Gasteiger partial charge in [-0.25, -0.2) is 0 Å². The summed E-state index contributed by atoms with van der Waals surface area (Å²) in [6, 6.07) is 0. The lowest BCUT2D eigenvalue weighted by Gasteiger charge is -2.19. The van der Waals surface area contributed by atoms with Crippen LogP contribution in [0.15, 0.2) is 60.0 Å². The molecule has 4 bridgehead atoms. The van der Waals surface area contributed by atoms with E-state index in [4.69, 9.17) is 0 Å². The summed E-state index contributed by atoms with van der Waals surface area (Å²) in [5.41, 5.74) is 3.28. The van der Waals surface area contributed by atoms with Crippen molar-refractivity contribution in [1.82, 2.24) is 0 Å². The number of fused-ring (bicyclic) bond motifs is 3. The molecule has 2 unspecified atom stereocenters. The van der Waals surface area contributed by atoms with Gasteiger partial charge < -0.3 is 9.80 Å². The minimum Gasteiger partial charge on any atom is -0.305 e. The van der Waals surface area contributed by atoms with Crippen LogP contribution in [0.4, 0.5) is 0 Å². The van der Waals surface area contributed by atoms with Crippen molar-refractivity contribution in [3.8, 4) is 0 Å². The second-order valence-corrected chi connectivity index (χ2v) is 12.4. The summed E-state index contributed by atoms with van der Waals surface area (Å²) in [5, 5.41) is 0. The number of nitrogens with one attached hydrogen (secondary N) is 2. The van der Waals surface area contributed by atoms with Gasteiger partial charge in [0.25, 0.3) is 0 Å². The van der Waals surface area contributed by atoms with E-state index in [1.54, 1.807) is 20.9 Å². The fraction of sp³-hybridized carbons (Fsp3) is 0.722. The second-order valence-electron chi connectivity index (χ2n) is 12.4. The number of allylic oxidation sites excluding steroid dienone is 6. The molecule has 0 aliphatic carbocycles. The Kier molecular flexibility index (Phi) is 17.6. The van der Waals surface area contributed by atoms with Crippen molar-refractivity contribution < 1.29 is 9.80 Å². The molecule has 38 heavy (non-hydrogen) atoms. The van der Waals surface area contributed by atoms with Crippen molar-refractivity contribution in [2.24, 2.45) is 0 Å². The van der Waals surface area contributed by atoms with Gasteiger partial charge in [-0.15, -0.1) is 0 Å². The smallest absolute Gasteiger partial charge is 0.103 e. The Hall–Kier alpha value is -1.38. The predicted octanol–water partition coefficient (Wildman–Crippen LogP) is 7.82. The van der Waals surface area contributed by atoms with Gasteiger partial charge in [0, 0.05) is 5.57 Å². The molecule has 0 aromatic rings. The number of hydrogen-bond acceptors (Lipinski definition) is 0. The van der Waals surface area contributed by atoms with Crippen LogP contribution in [0.5, 0.6) is 0 Å². The van der Waals surface area contributed by atoms with Crippen molar-refractivity contribution in [3.05, 3.63) is 60.0 Å². The van der Waals surface area contributed by atoms with Crippen LogP contribution in [-0.4, -0.2) is 26.2 Å². The summed E-state index contributed by atoms with van der Waals surface area (Å²) in [5.74, 6) is 0. The zero-order chi connectivity index (χ0) is 26.4. The maximum atomic E-state index is 2.55. The summed E-state index contributed by atoms with van der Waals surface area (Å²) in [6.45, 7) is 5.09. The molecule has 3 aliphatic heterocycles. The van der Waals surface area contributed by atoms with Crippen LogP contribution in [0, 0.1) is 0 Å². The van der Waals surface area contributed by atoms with Gasteiger partial charge in [-0.05, 0) is 94.8 Å². The third-order valence-electron chi connectivity index (χ3n) is 8.84. The summed E-state index contributed by atoms with van der Waals surface area (Å²) in [4.78, 5) is 3.37. The van der Waals surface area contributed by atoms with E-state index in [2.05, 4.69) is 48.9 Å². The van der Waals surface area contributed by atoms with E-state index in [9.17, 15) is 0 Å². The molecule has 0 fully saturated rings. The molecule has 2 nitrogen and oxygen atoms in total. The molecule has 0 aromatic carbocycles. The molecule has 0 saturated carbocycles. The van der Waals surface area contributed by atoms with E-state index < -0.39 is 0 Å². The van der Waals surface area contributed by atoms with Crippen molar-refractivity contribution in [1.29, 1.82) is 0 Å². The number of hydrogen-bond donors (Lipinski definition) is 2. The van der Waals surface area contributed by atoms with Gasteiger partial charge >= 0.3 is 0 Å². The molecule has 2 heteroatoms. The van der Waals surface area contributed by atoms with Crippen LogP contribution in [-0.2, 0) is 0 Å². The molecule has 214 valence electrons. The van der Waals surface area contributed by atoms with Crippen LogP contribution in [0.2, 0.25) is 0 Å². The predicted molar refractivity (Wildman–Crippen MR) is 167 cm³/mol. The van der Waals surface area contributed by atoms with Crippen LogP contribution < -0.4 is 9.80 Å². The average Bonchev–Trinajstić information content (AvgIpc) is 2.94. The molecule has 3 heterocycles. The normalized spacial score (nSPS) is 27.4. The Morgan fingerprint density at radius 3 is 1.74 bits per heavy atom. The van der Waals surface area contributed by atoms with Gasteiger partial charge in [0.15, 0.2) is 0 Å². The minimum atomic E-state index is 1.20. The Bertz CT molecular complexity index is 740. The molecule has 0 aromatic heterocycles. The SMILES string of the molecule is C1=C[NH+]2CCCCCCCCCCCCC3=C[NH+](CC=C3)CCCCCCC=CCCCCCCC(=C1)C2. The highest BCUT2D eigenvalue weighted by Gasteiger charge is 2.12. The maximum absolute atomic E-state index is 2.55. The van der Waals surface area contributed by atoms with Gasteiger partial charge in [0.1, 0.15) is 13.1 Å². The summed E-state index contributed by atoms with van der Waals surface area (Å²) in [7, 11) is 0. The van der Waals surface area contributed by atoms with Gasteiger partial charge in [0.2, 0.25) is 0 Å². The molecule has 3 aliphatic rings. The van der Waals surface area contributed by atoms with Crippen molar-refractivity contribution in [2.75, 3.05) is 26.2 Å². The Balaban J connectivity index is 1.32. The molecule has 0 spiro atoms. The third kappa shape index (κ3) is 15.3. The monoisotopic (exact) mass is 522 g/mol. The first-order valence-electron chi connectivity index (χ1n) is 17.0. The van der Waals surface area contributed by atoms with Crippen LogP contribution in [0.3, 0.4) is 0 Å². The van der Waals surface area contributed by atoms with Crippen LogP contribution in [0.25, 0.3) is 0 Å². The summed E-state index contributed by atoms with van der Waals surface area (Å²) in [6.07, 6.45) is 49.9. The summed E-state index contributed by atoms with van der Waals surface area (Å²) >= 11 is 0. The first-order valence-corrected chi connectivity index (χ1v) is 17.0. The van der Waals surface area contributed by atoms with Gasteiger partial charge in [0.05, 0.1) is 25.5 Å². The fourth-order valence-electron chi connectivity index (χ4n) is 6.40. The van der Waals surface area contributed by atoms with Crippen molar-refractivity contribution in [2.45, 2.75) is 141 Å². The Morgan fingerprint density at radius 2 is 1.05 bits per heavy atom. The molecule has 0 radical (unpaired) electrons. The lowest BCUT2D eigenvalue weighted by molar-refractivity contribution is -0.842. The standard InChI is InChI=1S/C36H60N2/c1-2-5-9-13-17-21-29-37-31-24-28-36(34-37)26-20-16-12-8-4-6-10-14-18-22-30-38-32-23-27-35(33-38)25-19-15-11-7-3-1/h1-2,23-24,27-28,32,34H,3-22,25-26,29-31,33H2/p+2. The Labute approximate surface area is 237 Å². The molecular weight excluding hydrogens is 460 g/mol. The summed E-state index contributed by atoms with van der Waals surface area (Å²) < 4.78 is 0. The van der Waals surface area contributed by atoms with Gasteiger partial charge in [-0.3, -0.25) is 0 Å². The fourth-order valence-corrected chi connectivity index (χ4v) is 6.40. The van der Waals surface area contributed by atoms with E-state index in [-0.39, 0.29) is 0 Å². The average molecular weight is 523 g/mol. The largest absolute Gasteiger partial charge is 0.305 e. The van der Waals surface area contributed by atoms with Crippen LogP contribution in [0.1, 0.15) is 141 Å². The Morgan fingerprint density at radius 1 is 0.500 bits per heavy atom. The molecule has 3 rings (SSSR count). The van der Waals surface area contributed by atoms with E-state index in [1.165, 1.54) is 167 Å². The van der Waals surface area contributed by atoms with Gasteiger partial charge in [-0.1, -0.05) is 88.5 Å².